The number of hydrogen-bond donors (Lipinski definition) is 1. The number of benzene rings is 3. The summed E-state index contributed by atoms with van der Waals surface area (Å²) in [6, 6.07) is 18.0. The second-order valence-electron chi connectivity index (χ2n) is 9.28. The van der Waals surface area contributed by atoms with E-state index in [1.54, 1.807) is 0 Å². The minimum atomic E-state index is -5.13. The largest absolute Gasteiger partial charge is 0.511 e. The third-order valence-electron chi connectivity index (χ3n) is 6.32. The minimum Gasteiger partial charge on any atom is -0.449 e. The maximum Gasteiger partial charge on any atom is 0.511 e. The molecule has 0 spiro atoms. The summed E-state index contributed by atoms with van der Waals surface area (Å²) >= 11 is 0. The molecule has 3 aromatic carbocycles. The second-order valence-corrected chi connectivity index (χ2v) is 9.28. The van der Waals surface area contributed by atoms with Crippen molar-refractivity contribution in [3.63, 3.8) is 0 Å². The van der Waals surface area contributed by atoms with Gasteiger partial charge in [0.1, 0.15) is 5.75 Å². The van der Waals surface area contributed by atoms with Gasteiger partial charge in [0.25, 0.3) is 0 Å². The lowest BCUT2D eigenvalue weighted by molar-refractivity contribution is -0.185. The quantitative estimate of drug-likeness (QED) is 0.142. The molecule has 7 nitrogen and oxygen atoms in total. The number of carboxylic acid groups (broad SMARTS) is 1. The van der Waals surface area contributed by atoms with E-state index in [4.69, 9.17) is 9.84 Å². The van der Waals surface area contributed by atoms with Gasteiger partial charge in [-0.1, -0.05) is 48.5 Å². The van der Waals surface area contributed by atoms with E-state index >= 15 is 8.78 Å². The van der Waals surface area contributed by atoms with Crippen LogP contribution in [-0.2, 0) is 18.5 Å². The van der Waals surface area contributed by atoms with Crippen molar-refractivity contribution in [3.05, 3.63) is 114 Å². The van der Waals surface area contributed by atoms with E-state index in [9.17, 15) is 31.1 Å². The fourth-order valence-electron chi connectivity index (χ4n) is 4.36. The Morgan fingerprint density at radius 3 is 1.96 bits per heavy atom. The number of aromatic nitrogens is 3. The number of hydrogen-bond acceptors (Lipinski definition) is 5. The van der Waals surface area contributed by atoms with Crippen LogP contribution in [0.1, 0.15) is 16.8 Å². The van der Waals surface area contributed by atoms with Crippen molar-refractivity contribution in [1.29, 1.82) is 0 Å². The summed E-state index contributed by atoms with van der Waals surface area (Å²) in [5.74, 6) is -1.87. The molecule has 0 bridgehead atoms. The number of rotatable bonds is 7. The van der Waals surface area contributed by atoms with E-state index < -0.39 is 53.0 Å². The van der Waals surface area contributed by atoms with Crippen LogP contribution in [0, 0.1) is 0 Å². The van der Waals surface area contributed by atoms with Crippen molar-refractivity contribution in [2.75, 3.05) is 0 Å². The number of alkyl halides is 8. The lowest BCUT2D eigenvalue weighted by atomic mass is 10.0. The van der Waals surface area contributed by atoms with Gasteiger partial charge in [-0.25, -0.2) is 14.5 Å². The summed E-state index contributed by atoms with van der Waals surface area (Å²) < 4.78 is 120. The fraction of sp³-hybridized carbons (Fsp3) is 0.100. The van der Waals surface area contributed by atoms with E-state index in [2.05, 4.69) is 14.8 Å². The summed E-state index contributed by atoms with van der Waals surface area (Å²) in [5, 5.41) is 12.3. The first kappa shape index (κ1) is 31.0. The molecule has 0 radical (unpaired) electrons. The van der Waals surface area contributed by atoms with Crippen molar-refractivity contribution in [1.82, 2.24) is 14.8 Å². The summed E-state index contributed by atoms with van der Waals surface area (Å²) in [6.45, 7) is 0. The van der Waals surface area contributed by atoms with Crippen LogP contribution in [0.3, 0.4) is 0 Å². The van der Waals surface area contributed by atoms with Gasteiger partial charge in [-0.05, 0) is 53.6 Å². The molecule has 5 aromatic rings. The van der Waals surface area contributed by atoms with Crippen LogP contribution in [0.25, 0.3) is 28.2 Å². The van der Waals surface area contributed by atoms with Gasteiger partial charge in [-0.2, -0.15) is 40.2 Å². The number of halogens is 8. The Kier molecular flexibility index (Phi) is 7.95. The first-order chi connectivity index (χ1) is 21.1. The Bertz CT molecular complexity index is 1830. The van der Waals surface area contributed by atoms with E-state index in [1.807, 2.05) is 0 Å². The molecule has 0 atom stereocenters. The Hall–Kier alpha value is -5.47. The predicted octanol–water partition coefficient (Wildman–Crippen LogP) is 8.82. The molecule has 2 heterocycles. The van der Waals surface area contributed by atoms with Crippen molar-refractivity contribution in [2.45, 2.75) is 18.5 Å². The molecule has 0 aliphatic rings. The lowest BCUT2D eigenvalue weighted by Crippen LogP contribution is -2.23. The zero-order valence-electron chi connectivity index (χ0n) is 22.3. The van der Waals surface area contributed by atoms with E-state index in [0.717, 1.165) is 24.3 Å². The molecule has 0 unspecified atom stereocenters. The Morgan fingerprint density at radius 2 is 1.36 bits per heavy atom. The average Bonchev–Trinajstić information content (AvgIpc) is 3.41. The number of pyridine rings is 1. The van der Waals surface area contributed by atoms with Crippen LogP contribution in [0.5, 0.6) is 11.5 Å². The Morgan fingerprint density at radius 1 is 0.733 bits per heavy atom. The molecule has 0 saturated heterocycles. The molecule has 232 valence electrons. The summed E-state index contributed by atoms with van der Waals surface area (Å²) in [5.41, 5.74) is -2.66. The van der Waals surface area contributed by atoms with Gasteiger partial charge in [0, 0.05) is 5.56 Å². The van der Waals surface area contributed by atoms with Crippen LogP contribution in [0.2, 0.25) is 0 Å². The molecule has 2 aromatic heterocycles. The molecule has 0 saturated carbocycles. The topological polar surface area (TPSA) is 86.5 Å². The zero-order valence-corrected chi connectivity index (χ0v) is 22.3. The molecule has 0 fully saturated rings. The fourth-order valence-corrected chi connectivity index (χ4v) is 4.36. The van der Waals surface area contributed by atoms with E-state index in [0.29, 0.717) is 17.3 Å². The standard InChI is InChI=1S/C30H17F8N3O4/c31-28(32,33)19-12-8-17(9-13-19)18-10-14-20(15-11-18)45-30(37,38)22-5-2-1-4-21(22)23-6-3-7-25(40-23)41-26(29(34,35)36)24(16-39-41)44-27(42)43/h1-16H,(H,42,43). The van der Waals surface area contributed by atoms with Crippen LogP contribution in [0.4, 0.5) is 39.9 Å². The van der Waals surface area contributed by atoms with Gasteiger partial charge < -0.3 is 14.6 Å². The van der Waals surface area contributed by atoms with Crippen molar-refractivity contribution in [2.24, 2.45) is 0 Å². The van der Waals surface area contributed by atoms with Crippen LogP contribution >= 0.6 is 0 Å². The number of nitrogens with zero attached hydrogens (tertiary/aromatic N) is 3. The second kappa shape index (κ2) is 11.6. The molecule has 15 heteroatoms. The first-order valence-electron chi connectivity index (χ1n) is 12.6. The van der Waals surface area contributed by atoms with Crippen molar-refractivity contribution < 1.29 is 54.5 Å². The number of carbonyl (C=O) groups is 1. The summed E-state index contributed by atoms with van der Waals surface area (Å²) in [6.07, 6.45) is -15.1. The van der Waals surface area contributed by atoms with Crippen LogP contribution in [-0.4, -0.2) is 26.0 Å². The molecular weight excluding hydrogens is 618 g/mol. The molecule has 5 rings (SSSR count). The smallest absolute Gasteiger partial charge is 0.449 e. The third-order valence-corrected chi connectivity index (χ3v) is 6.32. The monoisotopic (exact) mass is 635 g/mol. The van der Waals surface area contributed by atoms with Gasteiger partial charge in [0.05, 0.1) is 23.0 Å². The van der Waals surface area contributed by atoms with Crippen molar-refractivity contribution in [3.8, 4) is 39.7 Å². The normalized spacial score (nSPS) is 12.2. The average molecular weight is 635 g/mol. The van der Waals surface area contributed by atoms with Crippen LogP contribution in [0.15, 0.2) is 97.2 Å². The molecular formula is C30H17F8N3O4. The maximum absolute atomic E-state index is 15.5. The molecule has 45 heavy (non-hydrogen) atoms. The van der Waals surface area contributed by atoms with Crippen molar-refractivity contribution >= 4 is 6.16 Å². The molecule has 0 aliphatic heterocycles. The minimum absolute atomic E-state index is 0.187. The number of ether oxygens (including phenoxy) is 2. The Balaban J connectivity index is 1.44. The molecule has 0 aliphatic carbocycles. The van der Waals surface area contributed by atoms with E-state index in [1.165, 1.54) is 66.7 Å². The van der Waals surface area contributed by atoms with Gasteiger partial charge >= 0.3 is 24.6 Å². The SMILES string of the molecule is O=C(O)Oc1cnn(-c2cccc(-c3ccccc3C(F)(F)Oc3ccc(-c4ccc(C(F)(F)F)cc4)cc3)n2)c1C(F)(F)F. The maximum atomic E-state index is 15.5. The lowest BCUT2D eigenvalue weighted by Gasteiger charge is -2.21. The predicted molar refractivity (Wildman–Crippen MR) is 142 cm³/mol. The highest BCUT2D eigenvalue weighted by molar-refractivity contribution is 5.67. The summed E-state index contributed by atoms with van der Waals surface area (Å²) in [4.78, 5) is 14.9. The zero-order chi connectivity index (χ0) is 32.6. The van der Waals surface area contributed by atoms with E-state index in [-0.39, 0.29) is 21.7 Å². The summed E-state index contributed by atoms with van der Waals surface area (Å²) in [7, 11) is 0. The highest BCUT2D eigenvalue weighted by Gasteiger charge is 2.41. The van der Waals surface area contributed by atoms with Gasteiger partial charge in [0.15, 0.2) is 17.3 Å². The van der Waals surface area contributed by atoms with Crippen LogP contribution < -0.4 is 9.47 Å². The van der Waals surface area contributed by atoms with Gasteiger partial charge in [-0.3, -0.25) is 0 Å². The highest BCUT2D eigenvalue weighted by Crippen LogP contribution is 2.40. The Labute approximate surface area is 247 Å². The first-order valence-corrected chi connectivity index (χ1v) is 12.6. The molecule has 1 N–H and O–H groups in total. The highest BCUT2D eigenvalue weighted by atomic mass is 19.4. The molecule has 0 amide bonds. The van der Waals surface area contributed by atoms with Gasteiger partial charge in [-0.15, -0.1) is 0 Å². The third kappa shape index (κ3) is 6.71. The van der Waals surface area contributed by atoms with Gasteiger partial charge in [0.2, 0.25) is 0 Å².